The molecule has 0 amide bonds. The van der Waals surface area contributed by atoms with Crippen LogP contribution in [0.1, 0.15) is 0 Å². The summed E-state index contributed by atoms with van der Waals surface area (Å²) in [5.41, 5.74) is 1.96. The molecule has 0 unspecified atom stereocenters. The van der Waals surface area contributed by atoms with Crippen molar-refractivity contribution in [2.45, 2.75) is 0 Å². The molecule has 5 aromatic carbocycles. The van der Waals surface area contributed by atoms with Crippen molar-refractivity contribution in [3.63, 3.8) is 0 Å². The fourth-order valence-corrected chi connectivity index (χ4v) is 4.24. The lowest BCUT2D eigenvalue weighted by atomic mass is 9.85. The van der Waals surface area contributed by atoms with E-state index >= 15 is 8.78 Å². The van der Waals surface area contributed by atoms with Crippen LogP contribution in [-0.2, 0) is 0 Å². The van der Waals surface area contributed by atoms with Gasteiger partial charge in [0.25, 0.3) is 0 Å². The van der Waals surface area contributed by atoms with Crippen molar-refractivity contribution in [3.05, 3.63) is 102 Å². The molecule has 0 aromatic heterocycles. The molecular weight excluding hydrogens is 397 g/mol. The normalized spacial score (nSPS) is 11.2. The lowest BCUT2D eigenvalue weighted by Gasteiger charge is -2.18. The molecule has 0 saturated carbocycles. The third-order valence-corrected chi connectivity index (χ3v) is 5.55. The minimum absolute atomic E-state index is 0.0828. The van der Waals surface area contributed by atoms with Gasteiger partial charge in [-0.2, -0.15) is 0 Å². The summed E-state index contributed by atoms with van der Waals surface area (Å²) in [6.45, 7) is 0. The molecule has 0 spiro atoms. The average Bonchev–Trinajstić information content (AvgIpc) is 2.78. The van der Waals surface area contributed by atoms with E-state index in [0.717, 1.165) is 34.0 Å². The number of rotatable bonds is 3. The maximum absolute atomic E-state index is 15.1. The molecular formula is C27H17F3O. The molecule has 0 radical (unpaired) electrons. The molecule has 31 heavy (non-hydrogen) atoms. The van der Waals surface area contributed by atoms with E-state index in [1.165, 1.54) is 19.2 Å². The Bertz CT molecular complexity index is 1420. The first-order chi connectivity index (χ1) is 15.1. The van der Waals surface area contributed by atoms with E-state index in [9.17, 15) is 4.39 Å². The van der Waals surface area contributed by atoms with E-state index in [2.05, 4.69) is 0 Å². The van der Waals surface area contributed by atoms with Crippen molar-refractivity contribution >= 4 is 21.5 Å². The van der Waals surface area contributed by atoms with Gasteiger partial charge in [-0.15, -0.1) is 0 Å². The fraction of sp³-hybridized carbons (Fsp3) is 0.0370. The molecule has 5 rings (SSSR count). The predicted octanol–water partition coefficient (Wildman–Crippen LogP) is 7.75. The van der Waals surface area contributed by atoms with Crippen molar-refractivity contribution in [1.29, 1.82) is 0 Å². The molecule has 152 valence electrons. The van der Waals surface area contributed by atoms with E-state index < -0.39 is 17.5 Å². The van der Waals surface area contributed by atoms with Crippen LogP contribution in [0.2, 0.25) is 0 Å². The van der Waals surface area contributed by atoms with Gasteiger partial charge in [0.05, 0.1) is 12.7 Å². The van der Waals surface area contributed by atoms with Gasteiger partial charge in [0.1, 0.15) is 23.2 Å². The highest BCUT2D eigenvalue weighted by Gasteiger charge is 2.22. The van der Waals surface area contributed by atoms with E-state index in [1.807, 2.05) is 54.6 Å². The van der Waals surface area contributed by atoms with E-state index in [1.54, 1.807) is 6.07 Å². The summed E-state index contributed by atoms with van der Waals surface area (Å²) in [6, 6.07) is 23.8. The maximum Gasteiger partial charge on any atom is 0.137 e. The quantitative estimate of drug-likeness (QED) is 0.274. The van der Waals surface area contributed by atoms with E-state index in [-0.39, 0.29) is 11.3 Å². The van der Waals surface area contributed by atoms with Gasteiger partial charge in [0.15, 0.2) is 0 Å². The Morgan fingerprint density at radius 3 is 1.77 bits per heavy atom. The van der Waals surface area contributed by atoms with Crippen LogP contribution in [-0.4, -0.2) is 7.11 Å². The Hall–Kier alpha value is -3.79. The SMILES string of the molecule is COc1cc(F)c(-c2c3ccccc3c(-c3ccccc3)c3ccc(F)cc23)c(F)c1. The Morgan fingerprint density at radius 1 is 0.548 bits per heavy atom. The highest BCUT2D eigenvalue weighted by molar-refractivity contribution is 6.21. The molecule has 4 heteroatoms. The zero-order valence-electron chi connectivity index (χ0n) is 16.6. The average molecular weight is 414 g/mol. The van der Waals surface area contributed by atoms with Gasteiger partial charge in [0, 0.05) is 17.7 Å². The minimum Gasteiger partial charge on any atom is -0.497 e. The fourth-order valence-electron chi connectivity index (χ4n) is 4.24. The number of methoxy groups -OCH3 is 1. The molecule has 0 fully saturated rings. The zero-order valence-corrected chi connectivity index (χ0v) is 16.6. The molecule has 0 heterocycles. The molecule has 0 aliphatic carbocycles. The second-order valence-electron chi connectivity index (χ2n) is 7.32. The van der Waals surface area contributed by atoms with E-state index in [4.69, 9.17) is 4.74 Å². The number of hydrogen-bond donors (Lipinski definition) is 0. The van der Waals surface area contributed by atoms with Crippen LogP contribution in [0.5, 0.6) is 5.75 Å². The van der Waals surface area contributed by atoms with Crippen molar-refractivity contribution < 1.29 is 17.9 Å². The highest BCUT2D eigenvalue weighted by atomic mass is 19.1. The number of fused-ring (bicyclic) bond motifs is 2. The van der Waals surface area contributed by atoms with Crippen LogP contribution in [0.25, 0.3) is 43.8 Å². The first kappa shape index (κ1) is 19.2. The molecule has 0 atom stereocenters. The minimum atomic E-state index is -0.764. The van der Waals surface area contributed by atoms with Gasteiger partial charge in [-0.3, -0.25) is 0 Å². The third-order valence-electron chi connectivity index (χ3n) is 5.55. The van der Waals surface area contributed by atoms with E-state index in [0.29, 0.717) is 16.3 Å². The second-order valence-corrected chi connectivity index (χ2v) is 7.32. The zero-order chi connectivity index (χ0) is 21.5. The smallest absolute Gasteiger partial charge is 0.137 e. The summed E-state index contributed by atoms with van der Waals surface area (Å²) in [5, 5.41) is 2.64. The maximum atomic E-state index is 15.1. The summed E-state index contributed by atoms with van der Waals surface area (Å²) in [5.74, 6) is -1.92. The summed E-state index contributed by atoms with van der Waals surface area (Å²) >= 11 is 0. The summed E-state index contributed by atoms with van der Waals surface area (Å²) < 4.78 is 49.7. The van der Waals surface area contributed by atoms with Gasteiger partial charge in [-0.05, 0) is 44.8 Å². The first-order valence-corrected chi connectivity index (χ1v) is 9.81. The third kappa shape index (κ3) is 3.12. The van der Waals surface area contributed by atoms with Crippen LogP contribution in [0, 0.1) is 17.5 Å². The largest absolute Gasteiger partial charge is 0.497 e. The van der Waals surface area contributed by atoms with Crippen molar-refractivity contribution in [2.75, 3.05) is 7.11 Å². The van der Waals surface area contributed by atoms with Gasteiger partial charge in [-0.1, -0.05) is 60.7 Å². The monoisotopic (exact) mass is 414 g/mol. The van der Waals surface area contributed by atoms with Crippen LogP contribution >= 0.6 is 0 Å². The van der Waals surface area contributed by atoms with Crippen LogP contribution < -0.4 is 4.74 Å². The molecule has 0 N–H and O–H groups in total. The summed E-state index contributed by atoms with van der Waals surface area (Å²) in [6.07, 6.45) is 0. The standard InChI is InChI=1S/C27H17F3O/c1-31-18-14-23(29)27(24(30)15-18)26-20-10-6-5-9-19(20)25(16-7-3-2-4-8-16)21-12-11-17(28)13-22(21)26/h2-15H,1H3. The van der Waals surface area contributed by atoms with Gasteiger partial charge in [0.2, 0.25) is 0 Å². The predicted molar refractivity (Wildman–Crippen MR) is 119 cm³/mol. The van der Waals surface area contributed by atoms with Gasteiger partial charge < -0.3 is 4.74 Å². The highest BCUT2D eigenvalue weighted by Crippen LogP contribution is 2.45. The Balaban J connectivity index is 2.01. The number of ether oxygens (including phenoxy) is 1. The molecule has 1 nitrogen and oxygen atoms in total. The van der Waals surface area contributed by atoms with Crippen molar-refractivity contribution in [3.8, 4) is 28.0 Å². The summed E-state index contributed by atoms with van der Waals surface area (Å²) in [4.78, 5) is 0. The Kier molecular flexibility index (Phi) is 4.63. The molecule has 5 aromatic rings. The van der Waals surface area contributed by atoms with Crippen molar-refractivity contribution in [2.24, 2.45) is 0 Å². The lowest BCUT2D eigenvalue weighted by molar-refractivity contribution is 0.407. The number of benzene rings is 5. The molecule has 0 bridgehead atoms. The van der Waals surface area contributed by atoms with Crippen LogP contribution in [0.3, 0.4) is 0 Å². The number of hydrogen-bond acceptors (Lipinski definition) is 1. The Morgan fingerprint density at radius 2 is 1.13 bits per heavy atom. The van der Waals surface area contributed by atoms with Crippen LogP contribution in [0.4, 0.5) is 13.2 Å². The van der Waals surface area contributed by atoms with Crippen LogP contribution in [0.15, 0.2) is 84.9 Å². The molecule has 0 aliphatic rings. The van der Waals surface area contributed by atoms with Gasteiger partial charge in [-0.25, -0.2) is 13.2 Å². The lowest BCUT2D eigenvalue weighted by Crippen LogP contribution is -1.97. The Labute approximate surface area is 177 Å². The first-order valence-electron chi connectivity index (χ1n) is 9.81. The molecule has 0 aliphatic heterocycles. The number of halogens is 3. The van der Waals surface area contributed by atoms with Crippen molar-refractivity contribution in [1.82, 2.24) is 0 Å². The topological polar surface area (TPSA) is 9.23 Å². The molecule has 0 saturated heterocycles. The second kappa shape index (κ2) is 7.47. The van der Waals surface area contributed by atoms with Gasteiger partial charge >= 0.3 is 0 Å². The summed E-state index contributed by atoms with van der Waals surface area (Å²) in [7, 11) is 1.35.